The first kappa shape index (κ1) is 24.1. The maximum Gasteiger partial charge on any atom is 0.335 e. The minimum absolute atomic E-state index is 0.123. The van der Waals surface area contributed by atoms with Crippen LogP contribution in [0.4, 0.5) is 14.9 Å². The third-order valence-corrected chi connectivity index (χ3v) is 5.23. The number of hydrazine groups is 1. The molecule has 1 heterocycles. The van der Waals surface area contributed by atoms with E-state index in [1.54, 1.807) is 10.9 Å². The molecule has 3 N–H and O–H groups in total. The highest BCUT2D eigenvalue weighted by Crippen LogP contribution is 2.31. The lowest BCUT2D eigenvalue weighted by Crippen LogP contribution is -2.37. The van der Waals surface area contributed by atoms with Gasteiger partial charge < -0.3 is 10.1 Å². The number of alkyl halides is 1. The lowest BCUT2D eigenvalue weighted by molar-refractivity contribution is 0.223. The van der Waals surface area contributed by atoms with Crippen LogP contribution in [0.5, 0.6) is 5.75 Å². The zero-order valence-electron chi connectivity index (χ0n) is 18.3. The highest BCUT2D eigenvalue weighted by molar-refractivity contribution is 7.39. The van der Waals surface area contributed by atoms with E-state index in [0.717, 1.165) is 38.7 Å². The van der Waals surface area contributed by atoms with Crippen LogP contribution in [0.3, 0.4) is 0 Å². The number of anilines is 1. The van der Waals surface area contributed by atoms with Gasteiger partial charge in [-0.25, -0.2) is 15.0 Å². The second kappa shape index (κ2) is 9.95. The van der Waals surface area contributed by atoms with E-state index in [0.29, 0.717) is 5.69 Å². The molecule has 0 saturated carbocycles. The summed E-state index contributed by atoms with van der Waals surface area (Å²) in [6.07, 6.45) is 1.75. The zero-order chi connectivity index (χ0) is 23.5. The zero-order valence-corrected chi connectivity index (χ0v) is 20.6. The van der Waals surface area contributed by atoms with Crippen molar-refractivity contribution in [3.8, 4) is 17.0 Å². The molecule has 0 aliphatic rings. The minimum atomic E-state index is -1.50. The van der Waals surface area contributed by atoms with Crippen molar-refractivity contribution in [2.24, 2.45) is 5.84 Å². The predicted octanol–water partition coefficient (Wildman–Crippen LogP) is 4.46. The number of aryl methyl sites for hydroxylation is 2. The number of nitrogens with one attached hydrogen (secondary N) is 1. The summed E-state index contributed by atoms with van der Waals surface area (Å²) >= 11 is 0. The molecular weight excluding hydrogens is 447 g/mol. The van der Waals surface area contributed by atoms with Crippen molar-refractivity contribution in [2.75, 3.05) is 12.4 Å². The lowest BCUT2D eigenvalue weighted by atomic mass is 10.1. The molecule has 32 heavy (non-hydrogen) atoms. The minimum Gasteiger partial charge on any atom is -0.489 e. The van der Waals surface area contributed by atoms with Crippen LogP contribution in [0.25, 0.3) is 11.3 Å². The number of ether oxygens (including phenoxy) is 1. The van der Waals surface area contributed by atoms with Gasteiger partial charge in [-0.2, -0.15) is 5.10 Å². The number of benzene rings is 2. The van der Waals surface area contributed by atoms with Gasteiger partial charge in [0.25, 0.3) is 0 Å². The summed E-state index contributed by atoms with van der Waals surface area (Å²) in [6, 6.07) is 12.9. The molecule has 0 saturated heterocycles. The fourth-order valence-electron chi connectivity index (χ4n) is 3.19. The fraction of sp³-hybridized carbons (Fsp3) is 0.273. The Labute approximate surface area is 191 Å². The Morgan fingerprint density at radius 1 is 1.25 bits per heavy atom. The average molecular weight is 475 g/mol. The number of hydrogen-bond donors (Lipinski definition) is 2. The van der Waals surface area contributed by atoms with Crippen molar-refractivity contribution in [1.82, 2.24) is 14.8 Å². The van der Waals surface area contributed by atoms with Crippen LogP contribution in [0, 0.1) is 13.8 Å². The van der Waals surface area contributed by atoms with Gasteiger partial charge in [-0.05, 0) is 55.3 Å². The Balaban J connectivity index is 1.75. The molecule has 0 spiro atoms. The van der Waals surface area contributed by atoms with Crippen molar-refractivity contribution in [1.29, 1.82) is 0 Å². The fourth-order valence-corrected chi connectivity index (χ4v) is 3.56. The Hall–Kier alpha value is -2.53. The number of amides is 2. The predicted molar refractivity (Wildman–Crippen MR) is 132 cm³/mol. The number of nitrogens with zero attached hydrogens (tertiary/aromatic N) is 3. The second-order valence-corrected chi connectivity index (χ2v) is 10.3. The molecule has 3 rings (SSSR count). The molecule has 1 aromatic heterocycles. The number of urea groups is 1. The summed E-state index contributed by atoms with van der Waals surface area (Å²) in [5.41, 5.74) is 5.13. The van der Waals surface area contributed by atoms with Crippen molar-refractivity contribution in [3.63, 3.8) is 0 Å². The highest BCUT2D eigenvalue weighted by Gasteiger charge is 2.18. The van der Waals surface area contributed by atoms with Gasteiger partial charge in [0.05, 0.1) is 12.2 Å². The van der Waals surface area contributed by atoms with Crippen LogP contribution in [-0.2, 0) is 13.2 Å². The molecule has 2 amide bonds. The molecule has 0 aliphatic carbocycles. The van der Waals surface area contributed by atoms with Gasteiger partial charge in [-0.3, -0.25) is 9.69 Å². The molecule has 0 bridgehead atoms. The van der Waals surface area contributed by atoms with Crippen molar-refractivity contribution < 1.29 is 13.9 Å². The number of carbonyl (C=O) groups excluding carboxylic acids is 1. The van der Waals surface area contributed by atoms with Gasteiger partial charge in [-0.1, -0.05) is 30.6 Å². The van der Waals surface area contributed by atoms with Gasteiger partial charge in [-0.15, -0.1) is 0 Å². The average Bonchev–Trinajstić information content (AvgIpc) is 3.15. The number of nitrogens with two attached hydrogens (primary N) is 1. The summed E-state index contributed by atoms with van der Waals surface area (Å²) < 4.78 is 21.5. The first-order valence-electron chi connectivity index (χ1n) is 9.95. The van der Waals surface area contributed by atoms with Crippen molar-refractivity contribution in [2.45, 2.75) is 32.2 Å². The van der Waals surface area contributed by atoms with Gasteiger partial charge in [0.1, 0.15) is 12.4 Å². The monoisotopic (exact) mass is 475 g/mol. The largest absolute Gasteiger partial charge is 0.489 e. The maximum absolute atomic E-state index is 13.8. The van der Waals surface area contributed by atoms with E-state index in [1.165, 1.54) is 7.05 Å². The SMILES string of the molecule is Cc1cc(-c2ccn(CC(F)(P)P)n2)ccc1OCc1c(C)cccc1NC(=O)N(C)N. The number of hydrogen-bond acceptors (Lipinski definition) is 4. The van der Waals surface area contributed by atoms with Gasteiger partial charge in [0.15, 0.2) is 5.15 Å². The molecule has 7 nitrogen and oxygen atoms in total. The van der Waals surface area contributed by atoms with E-state index in [4.69, 9.17) is 10.6 Å². The van der Waals surface area contributed by atoms with Crippen LogP contribution in [0.15, 0.2) is 48.7 Å². The second-order valence-electron chi connectivity index (χ2n) is 7.74. The topological polar surface area (TPSA) is 85.4 Å². The molecule has 170 valence electrons. The molecule has 3 aromatic rings. The first-order valence-corrected chi connectivity index (χ1v) is 11.1. The molecule has 2 atom stereocenters. The van der Waals surface area contributed by atoms with Crippen LogP contribution < -0.4 is 15.9 Å². The molecule has 0 radical (unpaired) electrons. The Kier molecular flexibility index (Phi) is 7.50. The Bertz CT molecular complexity index is 1110. The number of aromatic nitrogens is 2. The summed E-state index contributed by atoms with van der Waals surface area (Å²) in [4.78, 5) is 12.0. The van der Waals surface area contributed by atoms with Crippen LogP contribution >= 0.6 is 18.5 Å². The van der Waals surface area contributed by atoms with Crippen LogP contribution in [0.1, 0.15) is 16.7 Å². The Morgan fingerprint density at radius 2 is 2.00 bits per heavy atom. The van der Waals surface area contributed by atoms with Crippen molar-refractivity contribution >= 4 is 30.2 Å². The maximum atomic E-state index is 13.8. The van der Waals surface area contributed by atoms with Gasteiger partial charge in [0, 0.05) is 30.1 Å². The van der Waals surface area contributed by atoms with Crippen molar-refractivity contribution in [3.05, 3.63) is 65.4 Å². The molecule has 0 fully saturated rings. The van der Waals surface area contributed by atoms with E-state index < -0.39 is 11.2 Å². The number of halogens is 1. The third-order valence-electron chi connectivity index (χ3n) is 4.86. The molecular formula is C22H28FN5O2P2. The normalized spacial score (nSPS) is 11.3. The molecule has 0 aliphatic heterocycles. The smallest absolute Gasteiger partial charge is 0.335 e. The van der Waals surface area contributed by atoms with Crippen LogP contribution in [-0.4, -0.2) is 33.0 Å². The molecule has 2 unspecified atom stereocenters. The van der Waals surface area contributed by atoms with E-state index in [1.807, 2.05) is 56.3 Å². The standard InChI is InChI=1S/C22H28FN5O2P2/c1-14-5-4-6-19(25-21(29)27(3)24)17(14)12-30-20-8-7-16(11-15(20)2)18-9-10-28(26-18)13-22(23,31)32/h4-11H,12-13,24,31-32H2,1-3H3,(H,25,29). The number of carbonyl (C=O) groups is 1. The van der Waals surface area contributed by atoms with E-state index >= 15 is 0 Å². The first-order chi connectivity index (χ1) is 15.0. The molecule has 2 aromatic carbocycles. The van der Waals surface area contributed by atoms with Gasteiger partial charge >= 0.3 is 6.03 Å². The quantitative estimate of drug-likeness (QED) is 0.229. The lowest BCUT2D eigenvalue weighted by Gasteiger charge is -2.17. The van der Waals surface area contributed by atoms with Gasteiger partial charge in [0.2, 0.25) is 0 Å². The molecule has 10 heteroatoms. The summed E-state index contributed by atoms with van der Waals surface area (Å²) in [5, 5.41) is 6.74. The van der Waals surface area contributed by atoms with Crippen LogP contribution in [0.2, 0.25) is 0 Å². The highest BCUT2D eigenvalue weighted by atomic mass is 31.1. The summed E-state index contributed by atoms with van der Waals surface area (Å²) in [5.74, 6) is 6.24. The summed E-state index contributed by atoms with van der Waals surface area (Å²) in [6.45, 7) is 4.32. The summed E-state index contributed by atoms with van der Waals surface area (Å²) in [7, 11) is 5.77. The van der Waals surface area contributed by atoms with E-state index in [2.05, 4.69) is 28.9 Å². The van der Waals surface area contributed by atoms with E-state index in [9.17, 15) is 9.18 Å². The van der Waals surface area contributed by atoms with E-state index in [-0.39, 0.29) is 13.2 Å². The third kappa shape index (κ3) is 6.26. The number of rotatable bonds is 7. The Morgan fingerprint density at radius 3 is 2.66 bits per heavy atom.